The van der Waals surface area contributed by atoms with E-state index in [1.807, 2.05) is 48.5 Å². The summed E-state index contributed by atoms with van der Waals surface area (Å²) in [5.41, 5.74) is 14.5. The van der Waals surface area contributed by atoms with Crippen LogP contribution in [0.2, 0.25) is 0 Å². The summed E-state index contributed by atoms with van der Waals surface area (Å²) in [7, 11) is 0. The van der Waals surface area contributed by atoms with Gasteiger partial charge in [-0.25, -0.2) is 9.97 Å². The third kappa shape index (κ3) is 5.39. The van der Waals surface area contributed by atoms with Crippen molar-refractivity contribution in [1.29, 1.82) is 0 Å². The van der Waals surface area contributed by atoms with Crippen LogP contribution in [0.25, 0.3) is 111 Å². The molecule has 3 heterocycles. The third-order valence-corrected chi connectivity index (χ3v) is 10.8. The fourth-order valence-corrected chi connectivity index (χ4v) is 7.98. The van der Waals surface area contributed by atoms with Crippen LogP contribution in [0.4, 0.5) is 0 Å². The standard InChI is InChI=1S/C52H32N2O2/c1-3-12-33(13-4-1)34-22-24-35(25-23-34)36-26-28-38(29-27-36)52-53-45(37-14-5-2-6-15-37)32-46(54-52)43-31-30-40(49-44-17-8-10-21-48(44)56-51(43)49)42-19-11-18-41-39-16-7-9-20-47(39)55-50(41)42/h1-32H. The summed E-state index contributed by atoms with van der Waals surface area (Å²) in [5.74, 6) is 0.646. The Morgan fingerprint density at radius 1 is 0.304 bits per heavy atom. The normalized spacial score (nSPS) is 11.6. The van der Waals surface area contributed by atoms with Crippen LogP contribution in [-0.4, -0.2) is 9.97 Å². The van der Waals surface area contributed by atoms with Gasteiger partial charge in [-0.3, -0.25) is 0 Å². The number of furan rings is 2. The molecule has 56 heavy (non-hydrogen) atoms. The van der Waals surface area contributed by atoms with Gasteiger partial charge in [0.05, 0.1) is 11.4 Å². The minimum Gasteiger partial charge on any atom is -0.455 e. The van der Waals surface area contributed by atoms with Crippen LogP contribution in [-0.2, 0) is 0 Å². The number of nitrogens with zero attached hydrogens (tertiary/aromatic N) is 2. The molecular formula is C52H32N2O2. The fourth-order valence-electron chi connectivity index (χ4n) is 7.98. The van der Waals surface area contributed by atoms with Crippen LogP contribution in [0.1, 0.15) is 0 Å². The Morgan fingerprint density at radius 3 is 1.50 bits per heavy atom. The van der Waals surface area contributed by atoms with Gasteiger partial charge in [0.25, 0.3) is 0 Å². The van der Waals surface area contributed by atoms with Crippen LogP contribution in [0, 0.1) is 0 Å². The second-order valence-electron chi connectivity index (χ2n) is 14.1. The highest BCUT2D eigenvalue weighted by molar-refractivity contribution is 6.19. The molecule has 0 unspecified atom stereocenters. The summed E-state index contributed by atoms with van der Waals surface area (Å²) < 4.78 is 13.3. The first-order chi connectivity index (χ1) is 27.7. The SMILES string of the molecule is c1ccc(-c2ccc(-c3ccc(-c4nc(-c5ccccc5)cc(-c5ccc(-c6cccc7c6oc6ccccc67)c6c5oc5ccccc56)n4)cc3)cc2)cc1. The van der Waals surface area contributed by atoms with Crippen molar-refractivity contribution >= 4 is 43.9 Å². The molecule has 3 aromatic heterocycles. The van der Waals surface area contributed by atoms with E-state index < -0.39 is 0 Å². The lowest BCUT2D eigenvalue weighted by Crippen LogP contribution is -1.96. The van der Waals surface area contributed by atoms with Crippen molar-refractivity contribution in [3.05, 3.63) is 194 Å². The average molecular weight is 717 g/mol. The van der Waals surface area contributed by atoms with Crippen molar-refractivity contribution in [2.24, 2.45) is 0 Å². The Bertz CT molecular complexity index is 3220. The lowest BCUT2D eigenvalue weighted by Gasteiger charge is -2.12. The number of hydrogen-bond acceptors (Lipinski definition) is 4. The minimum atomic E-state index is 0.646. The van der Waals surface area contributed by atoms with Gasteiger partial charge in [-0.05, 0) is 52.1 Å². The van der Waals surface area contributed by atoms with Crippen molar-refractivity contribution in [3.8, 4) is 67.3 Å². The molecule has 0 saturated heterocycles. The first kappa shape index (κ1) is 31.9. The van der Waals surface area contributed by atoms with E-state index in [4.69, 9.17) is 18.8 Å². The molecule has 0 fully saturated rings. The Kier molecular flexibility index (Phi) is 7.46. The first-order valence-corrected chi connectivity index (χ1v) is 18.8. The number of rotatable bonds is 6. The number of para-hydroxylation sites is 3. The molecule has 11 rings (SSSR count). The van der Waals surface area contributed by atoms with E-state index in [-0.39, 0.29) is 0 Å². The third-order valence-electron chi connectivity index (χ3n) is 10.8. The maximum Gasteiger partial charge on any atom is 0.160 e. The molecule has 0 amide bonds. The molecule has 0 spiro atoms. The van der Waals surface area contributed by atoms with Crippen LogP contribution in [0.3, 0.4) is 0 Å². The zero-order valence-corrected chi connectivity index (χ0v) is 30.2. The summed E-state index contributed by atoms with van der Waals surface area (Å²) in [6, 6.07) is 67.2. The highest BCUT2D eigenvalue weighted by Gasteiger charge is 2.22. The van der Waals surface area contributed by atoms with Gasteiger partial charge in [0.15, 0.2) is 5.82 Å². The Hall–Kier alpha value is -7.56. The van der Waals surface area contributed by atoms with Crippen LogP contribution in [0.5, 0.6) is 0 Å². The van der Waals surface area contributed by atoms with E-state index in [1.165, 1.54) is 11.1 Å². The van der Waals surface area contributed by atoms with Crippen LogP contribution < -0.4 is 0 Å². The van der Waals surface area contributed by atoms with E-state index in [0.29, 0.717) is 5.82 Å². The number of aromatic nitrogens is 2. The van der Waals surface area contributed by atoms with E-state index in [1.54, 1.807) is 0 Å². The second kappa shape index (κ2) is 13.1. The van der Waals surface area contributed by atoms with Crippen molar-refractivity contribution in [2.75, 3.05) is 0 Å². The minimum absolute atomic E-state index is 0.646. The van der Waals surface area contributed by atoms with E-state index in [9.17, 15) is 0 Å². The molecule has 0 N–H and O–H groups in total. The largest absolute Gasteiger partial charge is 0.455 e. The molecular weight excluding hydrogens is 685 g/mol. The van der Waals surface area contributed by atoms with Crippen molar-refractivity contribution < 1.29 is 8.83 Å². The molecule has 0 atom stereocenters. The van der Waals surface area contributed by atoms with Crippen LogP contribution >= 0.6 is 0 Å². The summed E-state index contributed by atoms with van der Waals surface area (Å²) in [6.07, 6.45) is 0. The predicted molar refractivity (Wildman–Crippen MR) is 229 cm³/mol. The zero-order chi connectivity index (χ0) is 37.0. The molecule has 0 saturated carbocycles. The second-order valence-corrected chi connectivity index (χ2v) is 14.1. The van der Waals surface area contributed by atoms with Crippen LogP contribution in [0.15, 0.2) is 203 Å². The quantitative estimate of drug-likeness (QED) is 0.172. The maximum absolute atomic E-state index is 6.77. The maximum atomic E-state index is 6.77. The van der Waals surface area contributed by atoms with E-state index in [0.717, 1.165) is 94.2 Å². The fraction of sp³-hybridized carbons (Fsp3) is 0. The van der Waals surface area contributed by atoms with Gasteiger partial charge in [-0.1, -0.05) is 170 Å². The Morgan fingerprint density at radius 2 is 0.804 bits per heavy atom. The van der Waals surface area contributed by atoms with Gasteiger partial charge < -0.3 is 8.83 Å². The highest BCUT2D eigenvalue weighted by Crippen LogP contribution is 2.45. The molecule has 8 aromatic carbocycles. The predicted octanol–water partition coefficient (Wildman–Crippen LogP) is 14.3. The lowest BCUT2D eigenvalue weighted by atomic mass is 9.94. The molecule has 0 aliphatic rings. The summed E-state index contributed by atoms with van der Waals surface area (Å²) in [5, 5.41) is 4.25. The molecule has 0 radical (unpaired) electrons. The van der Waals surface area contributed by atoms with Crippen molar-refractivity contribution in [1.82, 2.24) is 9.97 Å². The number of benzene rings is 8. The van der Waals surface area contributed by atoms with Gasteiger partial charge in [0, 0.05) is 43.8 Å². The van der Waals surface area contributed by atoms with Gasteiger partial charge in [0.1, 0.15) is 22.3 Å². The van der Waals surface area contributed by atoms with Gasteiger partial charge in [-0.2, -0.15) is 0 Å². The molecule has 262 valence electrons. The molecule has 4 nitrogen and oxygen atoms in total. The molecule has 11 aromatic rings. The molecule has 4 heteroatoms. The first-order valence-electron chi connectivity index (χ1n) is 18.8. The smallest absolute Gasteiger partial charge is 0.160 e. The van der Waals surface area contributed by atoms with Gasteiger partial charge in [-0.15, -0.1) is 0 Å². The average Bonchev–Trinajstić information content (AvgIpc) is 3.86. The molecule has 0 aliphatic carbocycles. The number of fused-ring (bicyclic) bond motifs is 6. The summed E-state index contributed by atoms with van der Waals surface area (Å²) in [6.45, 7) is 0. The zero-order valence-electron chi connectivity index (χ0n) is 30.2. The van der Waals surface area contributed by atoms with E-state index >= 15 is 0 Å². The topological polar surface area (TPSA) is 52.1 Å². The summed E-state index contributed by atoms with van der Waals surface area (Å²) in [4.78, 5) is 10.4. The summed E-state index contributed by atoms with van der Waals surface area (Å²) >= 11 is 0. The monoisotopic (exact) mass is 716 g/mol. The Balaban J connectivity index is 1.06. The highest BCUT2D eigenvalue weighted by atomic mass is 16.3. The van der Waals surface area contributed by atoms with Crippen molar-refractivity contribution in [2.45, 2.75) is 0 Å². The van der Waals surface area contributed by atoms with Crippen molar-refractivity contribution in [3.63, 3.8) is 0 Å². The van der Waals surface area contributed by atoms with E-state index in [2.05, 4.69) is 146 Å². The lowest BCUT2D eigenvalue weighted by molar-refractivity contribution is 0.669. The number of hydrogen-bond donors (Lipinski definition) is 0. The molecule has 0 aliphatic heterocycles. The Labute approximate surface area is 323 Å². The van der Waals surface area contributed by atoms with Gasteiger partial charge >= 0.3 is 0 Å². The van der Waals surface area contributed by atoms with Gasteiger partial charge in [0.2, 0.25) is 0 Å². The molecule has 0 bridgehead atoms.